The van der Waals surface area contributed by atoms with Crippen molar-refractivity contribution in [3.8, 4) is 0 Å². The van der Waals surface area contributed by atoms with Gasteiger partial charge in [0.2, 0.25) is 0 Å². The molecule has 0 unspecified atom stereocenters. The summed E-state index contributed by atoms with van der Waals surface area (Å²) in [5, 5.41) is 8.67. The molecule has 0 radical (unpaired) electrons. The van der Waals surface area contributed by atoms with Crippen molar-refractivity contribution in [3.63, 3.8) is 0 Å². The first kappa shape index (κ1) is 14.2. The molecule has 0 aliphatic carbocycles. The van der Waals surface area contributed by atoms with E-state index in [1.54, 1.807) is 0 Å². The molecule has 15 heavy (non-hydrogen) atoms. The van der Waals surface area contributed by atoms with E-state index in [4.69, 9.17) is 10.8 Å². The zero-order valence-electron chi connectivity index (χ0n) is 7.66. The summed E-state index contributed by atoms with van der Waals surface area (Å²) in [4.78, 5) is 0. The minimum absolute atomic E-state index is 0. The number of rotatable bonds is 2. The van der Waals surface area contributed by atoms with Gasteiger partial charge in [-0.3, -0.25) is 0 Å². The standard InChI is InChI=1S/C9H10F3NO.ClH/c10-9(11,12)7-3-1-6(2-4-7)8(13)5-14;/h1-4,8,14H,5,13H2;1H/t8-;/m1./s1. The van der Waals surface area contributed by atoms with Crippen LogP contribution < -0.4 is 5.73 Å². The number of hydrogen-bond donors (Lipinski definition) is 2. The van der Waals surface area contributed by atoms with Crippen LogP contribution in [0.1, 0.15) is 17.2 Å². The van der Waals surface area contributed by atoms with E-state index in [1.807, 2.05) is 0 Å². The van der Waals surface area contributed by atoms with Crippen LogP contribution >= 0.6 is 12.4 Å². The summed E-state index contributed by atoms with van der Waals surface area (Å²) in [5.41, 5.74) is 5.19. The van der Waals surface area contributed by atoms with Crippen LogP contribution in [0.25, 0.3) is 0 Å². The monoisotopic (exact) mass is 241 g/mol. The molecule has 0 saturated carbocycles. The maximum atomic E-state index is 12.1. The molecular weight excluding hydrogens is 231 g/mol. The van der Waals surface area contributed by atoms with Gasteiger partial charge in [-0.15, -0.1) is 12.4 Å². The molecule has 0 spiro atoms. The molecule has 0 saturated heterocycles. The van der Waals surface area contributed by atoms with Gasteiger partial charge in [-0.05, 0) is 17.7 Å². The van der Waals surface area contributed by atoms with Crippen molar-refractivity contribution in [3.05, 3.63) is 35.4 Å². The van der Waals surface area contributed by atoms with Crippen molar-refractivity contribution >= 4 is 12.4 Å². The average molecular weight is 242 g/mol. The summed E-state index contributed by atoms with van der Waals surface area (Å²) in [6.07, 6.45) is -4.33. The first-order valence-electron chi connectivity index (χ1n) is 3.98. The minimum atomic E-state index is -4.33. The lowest BCUT2D eigenvalue weighted by molar-refractivity contribution is -0.137. The zero-order chi connectivity index (χ0) is 10.8. The maximum absolute atomic E-state index is 12.1. The third kappa shape index (κ3) is 3.70. The van der Waals surface area contributed by atoms with Crippen LogP contribution in [-0.2, 0) is 6.18 Å². The quantitative estimate of drug-likeness (QED) is 0.833. The van der Waals surface area contributed by atoms with Crippen molar-refractivity contribution in [2.75, 3.05) is 6.61 Å². The second-order valence-corrected chi connectivity index (χ2v) is 2.91. The molecule has 1 atom stereocenters. The van der Waals surface area contributed by atoms with Gasteiger partial charge in [0.1, 0.15) is 0 Å². The van der Waals surface area contributed by atoms with Crippen LogP contribution in [0, 0.1) is 0 Å². The second kappa shape index (κ2) is 5.34. The maximum Gasteiger partial charge on any atom is 0.416 e. The van der Waals surface area contributed by atoms with Crippen LogP contribution in [0.4, 0.5) is 13.2 Å². The molecule has 1 aromatic rings. The van der Waals surface area contributed by atoms with Gasteiger partial charge in [0.25, 0.3) is 0 Å². The van der Waals surface area contributed by atoms with Gasteiger partial charge in [-0.2, -0.15) is 13.2 Å². The van der Waals surface area contributed by atoms with Crippen molar-refractivity contribution in [2.45, 2.75) is 12.2 Å². The predicted molar refractivity (Wildman–Crippen MR) is 52.7 cm³/mol. The van der Waals surface area contributed by atoms with Crippen molar-refractivity contribution < 1.29 is 18.3 Å². The number of nitrogens with two attached hydrogens (primary N) is 1. The molecule has 0 aliphatic heterocycles. The van der Waals surface area contributed by atoms with Gasteiger partial charge in [0.05, 0.1) is 18.2 Å². The van der Waals surface area contributed by atoms with E-state index in [0.717, 1.165) is 12.1 Å². The lowest BCUT2D eigenvalue weighted by atomic mass is 10.1. The predicted octanol–water partition coefficient (Wildman–Crippen LogP) is 2.12. The molecule has 0 heterocycles. The van der Waals surface area contributed by atoms with Gasteiger partial charge in [-0.1, -0.05) is 12.1 Å². The highest BCUT2D eigenvalue weighted by Crippen LogP contribution is 2.29. The highest BCUT2D eigenvalue weighted by molar-refractivity contribution is 5.85. The number of alkyl halides is 3. The van der Waals surface area contributed by atoms with Crippen molar-refractivity contribution in [1.29, 1.82) is 0 Å². The summed E-state index contributed by atoms with van der Waals surface area (Å²) in [7, 11) is 0. The Morgan fingerprint density at radius 1 is 1.20 bits per heavy atom. The van der Waals surface area contributed by atoms with Gasteiger partial charge in [0, 0.05) is 0 Å². The van der Waals surface area contributed by atoms with E-state index >= 15 is 0 Å². The Labute approximate surface area is 91.3 Å². The third-order valence-electron chi connectivity index (χ3n) is 1.86. The first-order valence-corrected chi connectivity index (χ1v) is 3.98. The molecule has 6 heteroatoms. The molecule has 86 valence electrons. The Bertz CT molecular complexity index is 299. The summed E-state index contributed by atoms with van der Waals surface area (Å²) < 4.78 is 36.4. The van der Waals surface area contributed by atoms with Gasteiger partial charge >= 0.3 is 6.18 Å². The number of benzene rings is 1. The normalized spacial score (nSPS) is 13.1. The summed E-state index contributed by atoms with van der Waals surface area (Å²) in [6, 6.07) is 3.81. The molecular formula is C9H11ClF3NO. The molecule has 0 aliphatic rings. The number of aliphatic hydroxyl groups excluding tert-OH is 1. The van der Waals surface area contributed by atoms with Crippen LogP contribution in [-0.4, -0.2) is 11.7 Å². The lowest BCUT2D eigenvalue weighted by Crippen LogP contribution is -2.14. The number of halogens is 4. The van der Waals surface area contributed by atoms with Gasteiger partial charge in [0.15, 0.2) is 0 Å². The summed E-state index contributed by atoms with van der Waals surface area (Å²) in [5.74, 6) is 0. The largest absolute Gasteiger partial charge is 0.416 e. The molecule has 0 amide bonds. The molecule has 2 nitrogen and oxygen atoms in total. The molecule has 0 fully saturated rings. The van der Waals surface area contributed by atoms with Crippen molar-refractivity contribution in [1.82, 2.24) is 0 Å². The van der Waals surface area contributed by atoms with Gasteiger partial charge in [-0.25, -0.2) is 0 Å². The Morgan fingerprint density at radius 3 is 2.00 bits per heavy atom. The Hall–Kier alpha value is -0.780. The van der Waals surface area contributed by atoms with E-state index in [9.17, 15) is 13.2 Å². The van der Waals surface area contributed by atoms with Gasteiger partial charge < -0.3 is 10.8 Å². The Balaban J connectivity index is 0.00000196. The number of hydrogen-bond acceptors (Lipinski definition) is 2. The van der Waals surface area contributed by atoms with E-state index in [0.29, 0.717) is 5.56 Å². The smallest absolute Gasteiger partial charge is 0.394 e. The zero-order valence-corrected chi connectivity index (χ0v) is 8.48. The molecule has 3 N–H and O–H groups in total. The molecule has 1 aromatic carbocycles. The third-order valence-corrected chi connectivity index (χ3v) is 1.86. The van der Waals surface area contributed by atoms with Crippen LogP contribution in [0.3, 0.4) is 0 Å². The highest BCUT2D eigenvalue weighted by Gasteiger charge is 2.30. The minimum Gasteiger partial charge on any atom is -0.394 e. The topological polar surface area (TPSA) is 46.2 Å². The fourth-order valence-corrected chi connectivity index (χ4v) is 1.02. The SMILES string of the molecule is Cl.N[C@H](CO)c1ccc(C(F)(F)F)cc1. The average Bonchev–Trinajstić information content (AvgIpc) is 2.15. The van der Waals surface area contributed by atoms with Crippen molar-refractivity contribution in [2.24, 2.45) is 5.73 Å². The first-order chi connectivity index (χ1) is 6.45. The van der Waals surface area contributed by atoms with E-state index < -0.39 is 17.8 Å². The Morgan fingerprint density at radius 2 is 1.67 bits per heavy atom. The summed E-state index contributed by atoms with van der Waals surface area (Å²) >= 11 is 0. The lowest BCUT2D eigenvalue weighted by Gasteiger charge is -2.10. The second-order valence-electron chi connectivity index (χ2n) is 2.91. The van der Waals surface area contributed by atoms with Crippen LogP contribution in [0.2, 0.25) is 0 Å². The fraction of sp³-hybridized carbons (Fsp3) is 0.333. The summed E-state index contributed by atoms with van der Waals surface area (Å²) in [6.45, 7) is -0.286. The molecule has 0 bridgehead atoms. The highest BCUT2D eigenvalue weighted by atomic mass is 35.5. The van der Waals surface area contributed by atoms with Crippen LogP contribution in [0.5, 0.6) is 0 Å². The van der Waals surface area contributed by atoms with E-state index in [1.165, 1.54) is 12.1 Å². The fourth-order valence-electron chi connectivity index (χ4n) is 1.02. The van der Waals surface area contributed by atoms with E-state index in [-0.39, 0.29) is 19.0 Å². The van der Waals surface area contributed by atoms with E-state index in [2.05, 4.69) is 0 Å². The number of aliphatic hydroxyl groups is 1. The Kier molecular flexibility index (Phi) is 5.07. The van der Waals surface area contributed by atoms with Crippen LogP contribution in [0.15, 0.2) is 24.3 Å². The molecule has 1 rings (SSSR count). The molecule has 0 aromatic heterocycles.